The summed E-state index contributed by atoms with van der Waals surface area (Å²) in [6.07, 6.45) is 4.02. The number of nitrogen functional groups attached to an aromatic ring is 1. The van der Waals surface area contributed by atoms with Crippen molar-refractivity contribution >= 4 is 5.65 Å². The van der Waals surface area contributed by atoms with E-state index in [4.69, 9.17) is 5.84 Å². The van der Waals surface area contributed by atoms with Gasteiger partial charge in [-0.05, 0) is 6.07 Å². The van der Waals surface area contributed by atoms with E-state index in [1.807, 2.05) is 53.2 Å². The van der Waals surface area contributed by atoms with Crippen molar-refractivity contribution in [3.8, 4) is 11.3 Å². The van der Waals surface area contributed by atoms with Gasteiger partial charge in [-0.3, -0.25) is 5.84 Å². The van der Waals surface area contributed by atoms with Crippen LogP contribution in [0.2, 0.25) is 0 Å². The summed E-state index contributed by atoms with van der Waals surface area (Å²) in [6.45, 7) is 0. The summed E-state index contributed by atoms with van der Waals surface area (Å²) in [5, 5.41) is 0. The van der Waals surface area contributed by atoms with Crippen molar-refractivity contribution in [3.05, 3.63) is 60.9 Å². The predicted octanol–water partition coefficient (Wildman–Crippen LogP) is 1.61. The fraction of sp³-hybridized carbons (Fsp3) is 0. The van der Waals surface area contributed by atoms with Crippen molar-refractivity contribution in [3.63, 3.8) is 0 Å². The molecule has 0 saturated carbocycles. The van der Waals surface area contributed by atoms with E-state index in [0.717, 1.165) is 16.9 Å². The Morgan fingerprint density at radius 1 is 0.938 bits per heavy atom. The molecule has 2 aromatic heterocycles. The van der Waals surface area contributed by atoms with E-state index in [1.165, 1.54) is 0 Å². The molecule has 0 radical (unpaired) electrons. The topological polar surface area (TPSA) is 35.0 Å². The molecule has 0 saturated heterocycles. The average molecular weight is 210 g/mol. The van der Waals surface area contributed by atoms with Crippen LogP contribution in [0.15, 0.2) is 60.9 Å². The molecular weight excluding hydrogens is 198 g/mol. The lowest BCUT2D eigenvalue weighted by molar-refractivity contribution is -0.510. The maximum Gasteiger partial charge on any atom is 0.309 e. The van der Waals surface area contributed by atoms with Crippen LogP contribution in [-0.4, -0.2) is 4.68 Å². The second-order valence-electron chi connectivity index (χ2n) is 3.72. The number of pyridine rings is 1. The van der Waals surface area contributed by atoms with Gasteiger partial charge in [0.05, 0.1) is 6.20 Å². The molecule has 16 heavy (non-hydrogen) atoms. The van der Waals surface area contributed by atoms with Crippen LogP contribution >= 0.6 is 0 Å². The fourth-order valence-electron chi connectivity index (χ4n) is 1.90. The van der Waals surface area contributed by atoms with E-state index in [1.54, 1.807) is 4.68 Å². The van der Waals surface area contributed by atoms with Crippen LogP contribution in [0.25, 0.3) is 16.9 Å². The first-order chi connectivity index (χ1) is 7.86. The van der Waals surface area contributed by atoms with Crippen LogP contribution in [0.3, 0.4) is 0 Å². The molecule has 78 valence electrons. The van der Waals surface area contributed by atoms with Gasteiger partial charge in [0.2, 0.25) is 0 Å². The Kier molecular flexibility index (Phi) is 1.90. The minimum Gasteiger partial charge on any atom is -0.268 e. The van der Waals surface area contributed by atoms with Crippen molar-refractivity contribution in [2.75, 3.05) is 5.84 Å². The number of hydrogen-bond donors (Lipinski definition) is 1. The van der Waals surface area contributed by atoms with E-state index in [9.17, 15) is 0 Å². The smallest absolute Gasteiger partial charge is 0.268 e. The van der Waals surface area contributed by atoms with E-state index >= 15 is 0 Å². The quantitative estimate of drug-likeness (QED) is 0.480. The first-order valence-electron chi connectivity index (χ1n) is 5.18. The van der Waals surface area contributed by atoms with Crippen molar-refractivity contribution in [1.29, 1.82) is 0 Å². The molecule has 2 heterocycles. The zero-order valence-electron chi connectivity index (χ0n) is 8.75. The highest BCUT2D eigenvalue weighted by molar-refractivity contribution is 5.61. The molecule has 0 aliphatic carbocycles. The van der Waals surface area contributed by atoms with Gasteiger partial charge in [0.1, 0.15) is 6.20 Å². The first kappa shape index (κ1) is 8.97. The van der Waals surface area contributed by atoms with Crippen LogP contribution in [0.4, 0.5) is 0 Å². The second kappa shape index (κ2) is 3.38. The van der Waals surface area contributed by atoms with Gasteiger partial charge in [-0.15, -0.1) is 4.68 Å². The van der Waals surface area contributed by atoms with E-state index < -0.39 is 0 Å². The average Bonchev–Trinajstić information content (AvgIpc) is 2.69. The lowest BCUT2D eigenvalue weighted by atomic mass is 10.2. The summed E-state index contributed by atoms with van der Waals surface area (Å²) in [5.74, 6) is 6.07. The number of fused-ring (bicyclic) bond motifs is 1. The third-order valence-electron chi connectivity index (χ3n) is 2.70. The highest BCUT2D eigenvalue weighted by Gasteiger charge is 2.15. The van der Waals surface area contributed by atoms with E-state index in [-0.39, 0.29) is 0 Å². The zero-order valence-corrected chi connectivity index (χ0v) is 8.75. The Labute approximate surface area is 93.3 Å². The van der Waals surface area contributed by atoms with Crippen LogP contribution in [0.1, 0.15) is 0 Å². The number of nitrogens with zero attached hydrogens (tertiary/aromatic N) is 2. The molecule has 0 bridgehead atoms. The SMILES string of the molecule is Nn1c(-c2ccccc2)c[n+]2ccccc12. The summed E-state index contributed by atoms with van der Waals surface area (Å²) in [7, 11) is 0. The Morgan fingerprint density at radius 2 is 1.69 bits per heavy atom. The lowest BCUT2D eigenvalue weighted by Gasteiger charge is -1.94. The summed E-state index contributed by atoms with van der Waals surface area (Å²) in [5.41, 5.74) is 3.10. The molecule has 0 aliphatic heterocycles. The summed E-state index contributed by atoms with van der Waals surface area (Å²) >= 11 is 0. The van der Waals surface area contributed by atoms with Gasteiger partial charge in [-0.1, -0.05) is 36.4 Å². The van der Waals surface area contributed by atoms with Crippen molar-refractivity contribution < 1.29 is 4.40 Å². The molecule has 0 unspecified atom stereocenters. The van der Waals surface area contributed by atoms with Crippen LogP contribution < -0.4 is 10.2 Å². The van der Waals surface area contributed by atoms with Gasteiger partial charge in [-0.2, -0.15) is 0 Å². The normalized spacial score (nSPS) is 10.8. The lowest BCUT2D eigenvalue weighted by Crippen LogP contribution is -2.20. The van der Waals surface area contributed by atoms with Gasteiger partial charge < -0.3 is 0 Å². The van der Waals surface area contributed by atoms with Crippen LogP contribution in [0, 0.1) is 0 Å². The number of aromatic nitrogens is 2. The molecule has 3 nitrogen and oxygen atoms in total. The predicted molar refractivity (Wildman–Crippen MR) is 63.2 cm³/mol. The summed E-state index contributed by atoms with van der Waals surface area (Å²) < 4.78 is 3.72. The standard InChI is InChI=1S/C13H12N3/c14-16-12(11-6-2-1-3-7-11)10-15-9-5-4-8-13(15)16/h1-10H,14H2/q+1. The highest BCUT2D eigenvalue weighted by Crippen LogP contribution is 2.17. The second-order valence-corrected chi connectivity index (χ2v) is 3.72. The molecule has 2 N–H and O–H groups in total. The number of hydrogen-bond acceptors (Lipinski definition) is 1. The van der Waals surface area contributed by atoms with Gasteiger partial charge in [0.25, 0.3) is 0 Å². The van der Waals surface area contributed by atoms with Crippen LogP contribution in [-0.2, 0) is 0 Å². The molecule has 3 heteroatoms. The fourth-order valence-corrected chi connectivity index (χ4v) is 1.90. The monoisotopic (exact) mass is 210 g/mol. The van der Waals surface area contributed by atoms with Crippen molar-refractivity contribution in [2.24, 2.45) is 0 Å². The third-order valence-corrected chi connectivity index (χ3v) is 2.70. The van der Waals surface area contributed by atoms with Gasteiger partial charge in [0.15, 0.2) is 5.69 Å². The summed E-state index contributed by atoms with van der Waals surface area (Å²) in [4.78, 5) is 0. The molecule has 0 atom stereocenters. The Hall–Kier alpha value is -2.29. The number of nitrogens with two attached hydrogens (primary N) is 1. The van der Waals surface area contributed by atoms with Crippen molar-refractivity contribution in [2.45, 2.75) is 0 Å². The van der Waals surface area contributed by atoms with E-state index in [0.29, 0.717) is 0 Å². The largest absolute Gasteiger partial charge is 0.309 e. The minimum absolute atomic E-state index is 0.973. The number of benzene rings is 1. The molecule has 0 aliphatic rings. The van der Waals surface area contributed by atoms with E-state index in [2.05, 4.69) is 12.1 Å². The first-order valence-corrected chi connectivity index (χ1v) is 5.18. The molecule has 3 aromatic rings. The Morgan fingerprint density at radius 3 is 2.44 bits per heavy atom. The molecule has 1 aromatic carbocycles. The van der Waals surface area contributed by atoms with Gasteiger partial charge in [-0.25, -0.2) is 4.40 Å². The minimum atomic E-state index is 0.973. The molecule has 0 amide bonds. The van der Waals surface area contributed by atoms with Crippen molar-refractivity contribution in [1.82, 2.24) is 4.68 Å². The number of imidazole rings is 1. The maximum absolute atomic E-state index is 6.07. The summed E-state index contributed by atoms with van der Waals surface area (Å²) in [6, 6.07) is 16.1. The highest BCUT2D eigenvalue weighted by atomic mass is 15.3. The van der Waals surface area contributed by atoms with Gasteiger partial charge in [0, 0.05) is 11.6 Å². The zero-order chi connectivity index (χ0) is 11.0. The Balaban J connectivity index is 2.29. The Bertz CT molecular complexity index is 626. The van der Waals surface area contributed by atoms with Crippen LogP contribution in [0.5, 0.6) is 0 Å². The maximum atomic E-state index is 6.07. The third kappa shape index (κ3) is 1.26. The molecule has 3 rings (SSSR count). The molecule has 0 spiro atoms. The number of rotatable bonds is 1. The molecular formula is C13H12N3+. The van der Waals surface area contributed by atoms with Gasteiger partial charge >= 0.3 is 5.65 Å². The molecule has 0 fully saturated rings.